The molecule has 0 amide bonds. The van der Waals surface area contributed by atoms with Gasteiger partial charge in [0.05, 0.1) is 12.7 Å². The summed E-state index contributed by atoms with van der Waals surface area (Å²) in [6.45, 7) is 2.67. The first-order valence-electron chi connectivity index (χ1n) is 8.68. The Balaban J connectivity index is 1.73. The quantitative estimate of drug-likeness (QED) is 0.678. The number of hydrogen-bond donors (Lipinski definition) is 1. The monoisotopic (exact) mass is 298 g/mol. The number of rotatable bonds is 3. The molecule has 0 bridgehead atoms. The molecule has 2 heteroatoms. The van der Waals surface area contributed by atoms with Crippen LogP contribution in [-0.2, 0) is 11.2 Å². The lowest BCUT2D eigenvalue weighted by atomic mass is 9.56. The van der Waals surface area contributed by atoms with E-state index in [9.17, 15) is 5.11 Å². The van der Waals surface area contributed by atoms with Gasteiger partial charge >= 0.3 is 0 Å². The summed E-state index contributed by atoms with van der Waals surface area (Å²) in [5, 5.41) is 10.4. The Labute approximate surface area is 133 Å². The van der Waals surface area contributed by atoms with Crippen molar-refractivity contribution >= 4 is 0 Å². The topological polar surface area (TPSA) is 32.8 Å². The molecule has 22 heavy (non-hydrogen) atoms. The predicted molar refractivity (Wildman–Crippen MR) is 87.6 cm³/mol. The van der Waals surface area contributed by atoms with Crippen LogP contribution >= 0.6 is 0 Å². The van der Waals surface area contributed by atoms with E-state index < -0.39 is 0 Å². The molecule has 1 aliphatic heterocycles. The second kappa shape index (κ2) is 5.21. The Morgan fingerprint density at radius 3 is 2.77 bits per heavy atom. The van der Waals surface area contributed by atoms with Crippen LogP contribution in [0.2, 0.25) is 0 Å². The summed E-state index contributed by atoms with van der Waals surface area (Å²) >= 11 is 0. The van der Waals surface area contributed by atoms with Crippen molar-refractivity contribution < 1.29 is 9.84 Å². The van der Waals surface area contributed by atoms with Crippen LogP contribution in [0.4, 0.5) is 0 Å². The maximum Gasteiger partial charge on any atom is 0.103 e. The third kappa shape index (κ3) is 2.33. The van der Waals surface area contributed by atoms with Crippen molar-refractivity contribution in [3.05, 3.63) is 47.5 Å². The first kappa shape index (κ1) is 14.5. The molecule has 1 N–H and O–H groups in total. The molecular formula is C20H26O2. The van der Waals surface area contributed by atoms with E-state index in [1.54, 1.807) is 0 Å². The smallest absolute Gasteiger partial charge is 0.103 e. The summed E-state index contributed by atoms with van der Waals surface area (Å²) in [6.07, 6.45) is 10.0. The molecule has 1 aromatic rings. The maximum absolute atomic E-state index is 10.4. The van der Waals surface area contributed by atoms with Crippen LogP contribution in [0, 0.1) is 10.8 Å². The second-order valence-corrected chi connectivity index (χ2v) is 7.77. The minimum atomic E-state index is -0.0881. The normalized spacial score (nSPS) is 40.2. The van der Waals surface area contributed by atoms with Crippen molar-refractivity contribution in [1.82, 2.24) is 0 Å². The molecule has 0 radical (unpaired) electrons. The van der Waals surface area contributed by atoms with Gasteiger partial charge in [0.2, 0.25) is 0 Å². The van der Waals surface area contributed by atoms with Crippen molar-refractivity contribution in [1.29, 1.82) is 0 Å². The maximum atomic E-state index is 10.4. The summed E-state index contributed by atoms with van der Waals surface area (Å²) in [5.74, 6) is 0. The van der Waals surface area contributed by atoms with Crippen LogP contribution in [0.1, 0.15) is 44.6 Å². The minimum absolute atomic E-state index is 0.0881. The average molecular weight is 298 g/mol. The molecule has 0 aromatic heterocycles. The minimum Gasteiger partial charge on any atom is -0.395 e. The Bertz CT molecular complexity index is 579. The van der Waals surface area contributed by atoms with Gasteiger partial charge in [-0.15, -0.1) is 0 Å². The number of hydrogen-bond acceptors (Lipinski definition) is 2. The van der Waals surface area contributed by atoms with E-state index in [2.05, 4.69) is 43.3 Å². The van der Waals surface area contributed by atoms with Crippen LogP contribution in [0.3, 0.4) is 0 Å². The highest BCUT2D eigenvalue weighted by Crippen LogP contribution is 2.57. The molecule has 1 saturated heterocycles. The van der Waals surface area contributed by atoms with Gasteiger partial charge < -0.3 is 9.84 Å². The van der Waals surface area contributed by atoms with Crippen molar-refractivity contribution in [3.63, 3.8) is 0 Å². The van der Waals surface area contributed by atoms with Gasteiger partial charge in [-0.1, -0.05) is 55.3 Å². The third-order valence-corrected chi connectivity index (χ3v) is 6.23. The van der Waals surface area contributed by atoms with Crippen molar-refractivity contribution in [3.8, 4) is 0 Å². The number of ether oxygens (including phenoxy) is 1. The standard InChI is InChI=1S/C20H26O2/c1-19-9-5-10-20(14-21,13-15-6-3-2-4-7-15)18(19)12-17-16(22-17)8-11-19/h2-4,6-7,12,16-17,21H,5,8-11,13-14H2,1H3/t16?,17?,19-,20?/m0/s1. The molecule has 118 valence electrons. The van der Waals surface area contributed by atoms with Crippen LogP contribution < -0.4 is 0 Å². The van der Waals surface area contributed by atoms with Crippen LogP contribution in [0.25, 0.3) is 0 Å². The predicted octanol–water partition coefficient (Wildman–Crippen LogP) is 3.89. The lowest BCUT2D eigenvalue weighted by Gasteiger charge is -2.49. The fraction of sp³-hybridized carbons (Fsp3) is 0.600. The van der Waals surface area contributed by atoms with E-state index in [1.807, 2.05) is 0 Å². The summed E-state index contributed by atoms with van der Waals surface area (Å²) in [4.78, 5) is 0. The zero-order valence-corrected chi connectivity index (χ0v) is 13.4. The summed E-state index contributed by atoms with van der Waals surface area (Å²) in [6, 6.07) is 10.6. The van der Waals surface area contributed by atoms with E-state index in [-0.39, 0.29) is 17.4 Å². The van der Waals surface area contributed by atoms with Gasteiger partial charge in [0.1, 0.15) is 6.10 Å². The second-order valence-electron chi connectivity index (χ2n) is 7.77. The summed E-state index contributed by atoms with van der Waals surface area (Å²) in [7, 11) is 0. The highest BCUT2D eigenvalue weighted by atomic mass is 16.6. The van der Waals surface area contributed by atoms with Gasteiger partial charge in [-0.25, -0.2) is 0 Å². The van der Waals surface area contributed by atoms with Gasteiger partial charge in [-0.2, -0.15) is 0 Å². The van der Waals surface area contributed by atoms with Gasteiger partial charge in [0.25, 0.3) is 0 Å². The van der Waals surface area contributed by atoms with Gasteiger partial charge in [-0.3, -0.25) is 0 Å². The van der Waals surface area contributed by atoms with Gasteiger partial charge in [-0.05, 0) is 43.1 Å². The summed E-state index contributed by atoms with van der Waals surface area (Å²) in [5.41, 5.74) is 2.99. The Morgan fingerprint density at radius 2 is 2.00 bits per heavy atom. The van der Waals surface area contributed by atoms with Crippen LogP contribution in [0.5, 0.6) is 0 Å². The highest BCUT2D eigenvalue weighted by Gasteiger charge is 2.51. The van der Waals surface area contributed by atoms with Crippen molar-refractivity contribution in [2.75, 3.05) is 6.61 Å². The zero-order chi connectivity index (χ0) is 15.2. The fourth-order valence-electron chi connectivity index (χ4n) is 4.91. The van der Waals surface area contributed by atoms with Crippen LogP contribution in [0.15, 0.2) is 42.0 Å². The number of aliphatic hydroxyl groups is 1. The third-order valence-electron chi connectivity index (χ3n) is 6.23. The fourth-order valence-corrected chi connectivity index (χ4v) is 4.91. The molecule has 1 aromatic carbocycles. The number of fused-ring (bicyclic) bond motifs is 2. The van der Waals surface area contributed by atoms with E-state index in [4.69, 9.17) is 4.74 Å². The molecule has 1 heterocycles. The molecule has 2 fully saturated rings. The first-order chi connectivity index (χ1) is 10.7. The largest absolute Gasteiger partial charge is 0.395 e. The highest BCUT2D eigenvalue weighted by molar-refractivity contribution is 5.33. The van der Waals surface area contributed by atoms with Crippen molar-refractivity contribution in [2.45, 2.75) is 57.7 Å². The molecule has 3 unspecified atom stereocenters. The molecule has 4 rings (SSSR count). The van der Waals surface area contributed by atoms with E-state index in [1.165, 1.54) is 36.8 Å². The van der Waals surface area contributed by atoms with Gasteiger partial charge in [0, 0.05) is 5.41 Å². The number of aliphatic hydroxyl groups excluding tert-OH is 1. The molecule has 3 aliphatic rings. The number of epoxide rings is 1. The SMILES string of the molecule is C[C@@]12CCCC(CO)(Cc3ccccc3)C1=CC1OC1CC2. The molecule has 4 atom stereocenters. The lowest BCUT2D eigenvalue weighted by Crippen LogP contribution is -2.42. The lowest BCUT2D eigenvalue weighted by molar-refractivity contribution is 0.0804. The van der Waals surface area contributed by atoms with E-state index in [0.29, 0.717) is 12.2 Å². The van der Waals surface area contributed by atoms with E-state index >= 15 is 0 Å². The zero-order valence-electron chi connectivity index (χ0n) is 13.4. The molecule has 1 saturated carbocycles. The molecular weight excluding hydrogens is 272 g/mol. The van der Waals surface area contributed by atoms with Gasteiger partial charge in [0.15, 0.2) is 0 Å². The van der Waals surface area contributed by atoms with Crippen molar-refractivity contribution in [2.24, 2.45) is 10.8 Å². The number of benzene rings is 1. The van der Waals surface area contributed by atoms with Crippen LogP contribution in [-0.4, -0.2) is 23.9 Å². The Morgan fingerprint density at radius 1 is 1.18 bits per heavy atom. The van der Waals surface area contributed by atoms with E-state index in [0.717, 1.165) is 12.8 Å². The molecule has 2 aliphatic carbocycles. The molecule has 2 nitrogen and oxygen atoms in total. The molecule has 0 spiro atoms. The Kier molecular flexibility index (Phi) is 3.43. The average Bonchev–Trinajstić information content (AvgIpc) is 3.29. The first-order valence-corrected chi connectivity index (χ1v) is 8.68. The summed E-state index contributed by atoms with van der Waals surface area (Å²) < 4.78 is 5.78. The Hall–Kier alpha value is -1.12.